The SMILES string of the molecule is CCCCCCCCCC1(C(=O)Cl)CCc2ccccc2C1. The van der Waals surface area contributed by atoms with E-state index in [4.69, 9.17) is 11.6 Å². The van der Waals surface area contributed by atoms with Gasteiger partial charge in [0, 0.05) is 5.41 Å². The van der Waals surface area contributed by atoms with Crippen LogP contribution in [0.4, 0.5) is 0 Å². The van der Waals surface area contributed by atoms with Crippen molar-refractivity contribution in [2.75, 3.05) is 0 Å². The number of fused-ring (bicyclic) bond motifs is 1. The Labute approximate surface area is 140 Å². The highest BCUT2D eigenvalue weighted by Gasteiger charge is 2.39. The van der Waals surface area contributed by atoms with E-state index < -0.39 is 0 Å². The molecule has 122 valence electrons. The summed E-state index contributed by atoms with van der Waals surface area (Å²) in [6.45, 7) is 2.25. The Balaban J connectivity index is 1.84. The van der Waals surface area contributed by atoms with Gasteiger partial charge in [0.2, 0.25) is 5.24 Å². The fourth-order valence-electron chi connectivity index (χ4n) is 3.70. The lowest BCUT2D eigenvalue weighted by Crippen LogP contribution is -2.34. The summed E-state index contributed by atoms with van der Waals surface area (Å²) in [6.07, 6.45) is 12.7. The molecule has 0 saturated carbocycles. The zero-order valence-corrected chi connectivity index (χ0v) is 14.6. The first kappa shape index (κ1) is 17.5. The van der Waals surface area contributed by atoms with E-state index in [-0.39, 0.29) is 10.7 Å². The second kappa shape index (κ2) is 8.72. The number of hydrogen-bond acceptors (Lipinski definition) is 1. The minimum atomic E-state index is -0.306. The van der Waals surface area contributed by atoms with Crippen molar-refractivity contribution < 1.29 is 4.79 Å². The third kappa shape index (κ3) is 4.59. The van der Waals surface area contributed by atoms with Crippen molar-refractivity contribution in [3.05, 3.63) is 35.4 Å². The Morgan fingerprint density at radius 2 is 1.68 bits per heavy atom. The van der Waals surface area contributed by atoms with E-state index in [1.165, 1.54) is 49.7 Å². The maximum absolute atomic E-state index is 12.1. The minimum Gasteiger partial charge on any atom is -0.281 e. The van der Waals surface area contributed by atoms with E-state index in [9.17, 15) is 4.79 Å². The molecule has 0 spiro atoms. The van der Waals surface area contributed by atoms with Gasteiger partial charge in [-0.2, -0.15) is 0 Å². The van der Waals surface area contributed by atoms with Gasteiger partial charge in [0.25, 0.3) is 0 Å². The molecule has 1 aliphatic carbocycles. The molecule has 1 aromatic carbocycles. The number of carbonyl (C=O) groups is 1. The molecule has 0 heterocycles. The van der Waals surface area contributed by atoms with E-state index in [1.54, 1.807) is 0 Å². The molecule has 0 aromatic heterocycles. The molecule has 0 amide bonds. The van der Waals surface area contributed by atoms with Gasteiger partial charge in [0.1, 0.15) is 0 Å². The van der Waals surface area contributed by atoms with Crippen molar-refractivity contribution in [1.29, 1.82) is 0 Å². The van der Waals surface area contributed by atoms with Crippen molar-refractivity contribution in [2.45, 2.75) is 77.6 Å². The largest absolute Gasteiger partial charge is 0.281 e. The van der Waals surface area contributed by atoms with E-state index >= 15 is 0 Å². The average Bonchev–Trinajstić information content (AvgIpc) is 2.53. The highest BCUT2D eigenvalue weighted by Crippen LogP contribution is 2.41. The van der Waals surface area contributed by atoms with Gasteiger partial charge in [-0.25, -0.2) is 0 Å². The molecule has 0 radical (unpaired) electrons. The highest BCUT2D eigenvalue weighted by molar-refractivity contribution is 6.64. The number of rotatable bonds is 9. The van der Waals surface area contributed by atoms with Crippen LogP contribution in [0.2, 0.25) is 0 Å². The number of aryl methyl sites for hydroxylation is 1. The van der Waals surface area contributed by atoms with Crippen LogP contribution in [0.15, 0.2) is 24.3 Å². The van der Waals surface area contributed by atoms with Gasteiger partial charge in [0.15, 0.2) is 0 Å². The molecule has 1 aromatic rings. The van der Waals surface area contributed by atoms with Crippen LogP contribution < -0.4 is 0 Å². The molecule has 0 aliphatic heterocycles. The first-order valence-electron chi connectivity index (χ1n) is 8.95. The molecule has 2 heteroatoms. The fourth-order valence-corrected chi connectivity index (χ4v) is 3.96. The molecule has 0 N–H and O–H groups in total. The number of unbranched alkanes of at least 4 members (excludes halogenated alkanes) is 6. The summed E-state index contributed by atoms with van der Waals surface area (Å²) in [6, 6.07) is 8.51. The second-order valence-corrected chi connectivity index (χ2v) is 7.21. The normalized spacial score (nSPS) is 20.6. The van der Waals surface area contributed by atoms with Crippen LogP contribution in [0.3, 0.4) is 0 Å². The van der Waals surface area contributed by atoms with E-state index in [2.05, 4.69) is 31.2 Å². The molecule has 0 saturated heterocycles. The number of hydrogen-bond donors (Lipinski definition) is 0. The fraction of sp³-hybridized carbons (Fsp3) is 0.650. The molecule has 1 aliphatic rings. The lowest BCUT2D eigenvalue weighted by molar-refractivity contribution is -0.121. The zero-order chi connectivity index (χ0) is 15.8. The zero-order valence-electron chi connectivity index (χ0n) is 13.9. The summed E-state index contributed by atoms with van der Waals surface area (Å²) in [5.41, 5.74) is 2.42. The van der Waals surface area contributed by atoms with Crippen LogP contribution in [0.1, 0.15) is 75.8 Å². The Morgan fingerprint density at radius 3 is 2.36 bits per heavy atom. The van der Waals surface area contributed by atoms with Gasteiger partial charge in [-0.1, -0.05) is 76.1 Å². The summed E-state index contributed by atoms with van der Waals surface area (Å²) in [4.78, 5) is 12.1. The maximum atomic E-state index is 12.1. The number of benzene rings is 1. The Kier molecular flexibility index (Phi) is 6.95. The lowest BCUT2D eigenvalue weighted by Gasteiger charge is -2.35. The van der Waals surface area contributed by atoms with Crippen LogP contribution >= 0.6 is 11.6 Å². The molecular formula is C20H29ClO. The van der Waals surface area contributed by atoms with E-state index in [0.29, 0.717) is 0 Å². The Bertz CT molecular complexity index is 482. The minimum absolute atomic E-state index is 0.118. The molecule has 2 rings (SSSR count). The standard InChI is InChI=1S/C20H29ClO/c1-2-3-4-5-6-7-10-14-20(19(21)22)15-13-17-11-8-9-12-18(17)16-20/h8-9,11-12H,2-7,10,13-16H2,1H3. The van der Waals surface area contributed by atoms with Crippen LogP contribution in [-0.2, 0) is 17.6 Å². The molecule has 1 unspecified atom stereocenters. The molecule has 1 atom stereocenters. The summed E-state index contributed by atoms with van der Waals surface area (Å²) in [5.74, 6) is 0. The Morgan fingerprint density at radius 1 is 1.05 bits per heavy atom. The monoisotopic (exact) mass is 320 g/mol. The van der Waals surface area contributed by atoms with Crippen molar-refractivity contribution in [2.24, 2.45) is 5.41 Å². The van der Waals surface area contributed by atoms with E-state index in [1.807, 2.05) is 0 Å². The van der Waals surface area contributed by atoms with Crippen LogP contribution in [-0.4, -0.2) is 5.24 Å². The van der Waals surface area contributed by atoms with Crippen molar-refractivity contribution in [1.82, 2.24) is 0 Å². The predicted molar refractivity (Wildman–Crippen MR) is 94.4 cm³/mol. The molecule has 0 fully saturated rings. The van der Waals surface area contributed by atoms with Gasteiger partial charge in [0.05, 0.1) is 0 Å². The van der Waals surface area contributed by atoms with Gasteiger partial charge in [-0.05, 0) is 48.4 Å². The molecular weight excluding hydrogens is 292 g/mol. The van der Waals surface area contributed by atoms with Crippen molar-refractivity contribution in [3.8, 4) is 0 Å². The smallest absolute Gasteiger partial charge is 0.228 e. The summed E-state index contributed by atoms with van der Waals surface area (Å²) < 4.78 is 0. The topological polar surface area (TPSA) is 17.1 Å². The van der Waals surface area contributed by atoms with Crippen LogP contribution in [0.5, 0.6) is 0 Å². The van der Waals surface area contributed by atoms with Gasteiger partial charge < -0.3 is 0 Å². The summed E-state index contributed by atoms with van der Waals surface area (Å²) >= 11 is 6.02. The Hall–Kier alpha value is -0.820. The first-order chi connectivity index (χ1) is 10.7. The summed E-state index contributed by atoms with van der Waals surface area (Å²) in [5, 5.41) is -0.118. The third-order valence-electron chi connectivity index (χ3n) is 5.20. The highest BCUT2D eigenvalue weighted by atomic mass is 35.5. The average molecular weight is 321 g/mol. The van der Waals surface area contributed by atoms with Crippen molar-refractivity contribution >= 4 is 16.8 Å². The third-order valence-corrected chi connectivity index (χ3v) is 5.60. The van der Waals surface area contributed by atoms with Crippen LogP contribution in [0, 0.1) is 5.41 Å². The number of halogens is 1. The lowest BCUT2D eigenvalue weighted by atomic mass is 9.69. The van der Waals surface area contributed by atoms with Crippen molar-refractivity contribution in [3.63, 3.8) is 0 Å². The van der Waals surface area contributed by atoms with E-state index in [0.717, 1.165) is 32.1 Å². The molecule has 0 bridgehead atoms. The molecule has 22 heavy (non-hydrogen) atoms. The van der Waals surface area contributed by atoms with Gasteiger partial charge in [-0.3, -0.25) is 4.79 Å². The second-order valence-electron chi connectivity index (χ2n) is 6.87. The predicted octanol–water partition coefficient (Wildman–Crippen LogP) is 6.07. The van der Waals surface area contributed by atoms with Gasteiger partial charge in [-0.15, -0.1) is 0 Å². The van der Waals surface area contributed by atoms with Crippen LogP contribution in [0.25, 0.3) is 0 Å². The van der Waals surface area contributed by atoms with Gasteiger partial charge >= 0.3 is 0 Å². The maximum Gasteiger partial charge on any atom is 0.228 e. The summed E-state index contributed by atoms with van der Waals surface area (Å²) in [7, 11) is 0. The first-order valence-corrected chi connectivity index (χ1v) is 9.32. The number of carbonyl (C=O) groups excluding carboxylic acids is 1. The quantitative estimate of drug-likeness (QED) is 0.399. The molecule has 1 nitrogen and oxygen atoms in total.